The lowest BCUT2D eigenvalue weighted by atomic mass is 10.2. The summed E-state index contributed by atoms with van der Waals surface area (Å²) in [5, 5.41) is 0.249. The molecule has 0 N–H and O–H groups in total. The van der Waals surface area contributed by atoms with Crippen molar-refractivity contribution in [1.29, 1.82) is 0 Å². The SMILES string of the molecule is CCS(=O)(=O)c1cc(C(F)(F)F)cnc1-c1nc2cc(C)c(Cl)nc2n1C. The van der Waals surface area contributed by atoms with Gasteiger partial charge in [-0.2, -0.15) is 13.2 Å². The molecule has 0 amide bonds. The Morgan fingerprint density at radius 3 is 2.48 bits per heavy atom. The molecule has 0 bridgehead atoms. The Kier molecular flexibility index (Phi) is 4.67. The normalized spacial score (nSPS) is 12.7. The van der Waals surface area contributed by atoms with Gasteiger partial charge in [0.25, 0.3) is 0 Å². The lowest BCUT2D eigenvalue weighted by molar-refractivity contribution is -0.138. The largest absolute Gasteiger partial charge is 0.417 e. The fourth-order valence-corrected chi connectivity index (χ4v) is 3.75. The number of imidazole rings is 1. The van der Waals surface area contributed by atoms with Crippen molar-refractivity contribution in [3.8, 4) is 11.5 Å². The van der Waals surface area contributed by atoms with Crippen LogP contribution in [0, 0.1) is 6.92 Å². The molecule has 6 nitrogen and oxygen atoms in total. The molecule has 0 aliphatic carbocycles. The van der Waals surface area contributed by atoms with Gasteiger partial charge in [-0.05, 0) is 24.6 Å². The summed E-state index contributed by atoms with van der Waals surface area (Å²) < 4.78 is 65.5. The van der Waals surface area contributed by atoms with Gasteiger partial charge in [-0.3, -0.25) is 4.98 Å². The first-order valence-electron chi connectivity index (χ1n) is 7.75. The Hall–Kier alpha value is -2.20. The Bertz CT molecular complexity index is 1160. The summed E-state index contributed by atoms with van der Waals surface area (Å²) in [5.41, 5.74) is 0.141. The number of hydrogen-bond acceptors (Lipinski definition) is 5. The van der Waals surface area contributed by atoms with Crippen molar-refractivity contribution in [1.82, 2.24) is 19.5 Å². The molecule has 3 heterocycles. The van der Waals surface area contributed by atoms with E-state index < -0.39 is 26.5 Å². The maximum absolute atomic E-state index is 13.0. The van der Waals surface area contributed by atoms with Crippen LogP contribution < -0.4 is 0 Å². The van der Waals surface area contributed by atoms with Crippen LogP contribution in [-0.4, -0.2) is 33.7 Å². The Morgan fingerprint density at radius 1 is 1.22 bits per heavy atom. The number of aromatic nitrogens is 4. The lowest BCUT2D eigenvalue weighted by Gasteiger charge is -2.12. The zero-order chi connectivity index (χ0) is 20.1. The monoisotopic (exact) mass is 418 g/mol. The van der Waals surface area contributed by atoms with E-state index in [-0.39, 0.29) is 22.4 Å². The summed E-state index contributed by atoms with van der Waals surface area (Å²) in [7, 11) is -2.43. The highest BCUT2D eigenvalue weighted by atomic mass is 35.5. The van der Waals surface area contributed by atoms with Crippen LogP contribution in [0.5, 0.6) is 0 Å². The molecule has 0 unspecified atom stereocenters. The van der Waals surface area contributed by atoms with E-state index in [0.29, 0.717) is 29.0 Å². The van der Waals surface area contributed by atoms with Gasteiger partial charge in [0.15, 0.2) is 21.3 Å². The molecular weight excluding hydrogens is 405 g/mol. The number of alkyl halides is 3. The van der Waals surface area contributed by atoms with Crippen LogP contribution >= 0.6 is 11.6 Å². The third-order valence-corrected chi connectivity index (χ3v) is 6.20. The number of rotatable bonds is 3. The summed E-state index contributed by atoms with van der Waals surface area (Å²) in [6.45, 7) is 3.07. The van der Waals surface area contributed by atoms with Gasteiger partial charge in [0.2, 0.25) is 0 Å². The molecule has 0 spiro atoms. The van der Waals surface area contributed by atoms with Gasteiger partial charge in [0.1, 0.15) is 16.4 Å². The summed E-state index contributed by atoms with van der Waals surface area (Å²) in [6, 6.07) is 2.25. The van der Waals surface area contributed by atoms with Crippen LogP contribution in [0.4, 0.5) is 13.2 Å². The lowest BCUT2D eigenvalue weighted by Crippen LogP contribution is -2.13. The minimum Gasteiger partial charge on any atom is -0.310 e. The number of hydrogen-bond donors (Lipinski definition) is 0. The van der Waals surface area contributed by atoms with E-state index >= 15 is 0 Å². The maximum Gasteiger partial charge on any atom is 0.417 e. The first-order chi connectivity index (χ1) is 12.5. The molecule has 0 aliphatic heterocycles. The summed E-state index contributed by atoms with van der Waals surface area (Å²) in [4.78, 5) is 11.8. The van der Waals surface area contributed by atoms with E-state index in [4.69, 9.17) is 11.6 Å². The molecule has 3 rings (SSSR count). The molecule has 0 aromatic carbocycles. The highest BCUT2D eigenvalue weighted by molar-refractivity contribution is 7.91. The van der Waals surface area contributed by atoms with Gasteiger partial charge in [-0.25, -0.2) is 18.4 Å². The van der Waals surface area contributed by atoms with Crippen LogP contribution in [0.25, 0.3) is 22.7 Å². The second-order valence-corrected chi connectivity index (χ2v) is 8.51. The van der Waals surface area contributed by atoms with Gasteiger partial charge < -0.3 is 4.57 Å². The van der Waals surface area contributed by atoms with Crippen LogP contribution in [0.2, 0.25) is 5.15 Å². The van der Waals surface area contributed by atoms with Crippen molar-refractivity contribution in [2.75, 3.05) is 5.75 Å². The van der Waals surface area contributed by atoms with Crippen molar-refractivity contribution in [2.45, 2.75) is 24.9 Å². The number of nitrogens with zero attached hydrogens (tertiary/aromatic N) is 4. The van der Waals surface area contributed by atoms with Crippen molar-refractivity contribution in [2.24, 2.45) is 7.05 Å². The molecule has 0 fully saturated rings. The number of fused-ring (bicyclic) bond motifs is 1. The van der Waals surface area contributed by atoms with E-state index in [9.17, 15) is 21.6 Å². The van der Waals surface area contributed by atoms with Crippen LogP contribution in [0.3, 0.4) is 0 Å². The fraction of sp³-hybridized carbons (Fsp3) is 0.312. The average molecular weight is 419 g/mol. The maximum atomic E-state index is 13.0. The van der Waals surface area contributed by atoms with Crippen LogP contribution in [0.15, 0.2) is 23.2 Å². The van der Waals surface area contributed by atoms with Crippen LogP contribution in [-0.2, 0) is 23.1 Å². The van der Waals surface area contributed by atoms with Gasteiger partial charge in [-0.1, -0.05) is 18.5 Å². The zero-order valence-corrected chi connectivity index (χ0v) is 16.0. The van der Waals surface area contributed by atoms with Gasteiger partial charge >= 0.3 is 6.18 Å². The molecule has 144 valence electrons. The van der Waals surface area contributed by atoms with Crippen molar-refractivity contribution in [3.63, 3.8) is 0 Å². The number of pyridine rings is 2. The third kappa shape index (κ3) is 3.39. The standard InChI is InChI=1S/C16H14ClF3N4O2S/c1-4-27(25,26)11-6-9(16(18,19)20)7-21-12(11)15-22-10-5-8(2)13(17)23-14(10)24(15)3/h5-7H,4H2,1-3H3. The summed E-state index contributed by atoms with van der Waals surface area (Å²) >= 11 is 6.02. The Balaban J connectivity index is 2.34. The predicted octanol–water partition coefficient (Wildman–Crippen LogP) is 3.80. The average Bonchev–Trinajstić information content (AvgIpc) is 2.90. The fourth-order valence-electron chi connectivity index (χ4n) is 2.56. The van der Waals surface area contributed by atoms with E-state index in [1.165, 1.54) is 11.5 Å². The molecular formula is C16H14ClF3N4O2S. The molecule has 0 radical (unpaired) electrons. The third-order valence-electron chi connectivity index (χ3n) is 4.08. The minimum atomic E-state index is -4.72. The second-order valence-electron chi connectivity index (χ2n) is 5.91. The molecule has 27 heavy (non-hydrogen) atoms. The smallest absolute Gasteiger partial charge is 0.310 e. The molecule has 3 aromatic heterocycles. The van der Waals surface area contributed by atoms with Gasteiger partial charge in [0.05, 0.1) is 16.2 Å². The van der Waals surface area contributed by atoms with Crippen molar-refractivity contribution < 1.29 is 21.6 Å². The number of sulfone groups is 1. The molecule has 0 atom stereocenters. The Labute approximate surface area is 157 Å². The minimum absolute atomic E-state index is 0.0833. The van der Waals surface area contributed by atoms with E-state index in [1.807, 2.05) is 0 Å². The highest BCUT2D eigenvalue weighted by Crippen LogP contribution is 2.34. The number of halogens is 4. The summed E-state index contributed by atoms with van der Waals surface area (Å²) in [5.74, 6) is -0.296. The second kappa shape index (κ2) is 6.45. The number of aryl methyl sites for hydroxylation is 2. The zero-order valence-electron chi connectivity index (χ0n) is 14.5. The molecule has 0 saturated heterocycles. The van der Waals surface area contributed by atoms with E-state index in [2.05, 4.69) is 15.0 Å². The first-order valence-corrected chi connectivity index (χ1v) is 9.78. The van der Waals surface area contributed by atoms with Gasteiger partial charge in [0, 0.05) is 13.2 Å². The molecule has 0 saturated carbocycles. The molecule has 0 aliphatic rings. The topological polar surface area (TPSA) is 77.7 Å². The van der Waals surface area contributed by atoms with E-state index in [1.54, 1.807) is 20.0 Å². The van der Waals surface area contributed by atoms with Crippen molar-refractivity contribution >= 4 is 32.6 Å². The summed E-state index contributed by atoms with van der Waals surface area (Å²) in [6.07, 6.45) is -4.13. The van der Waals surface area contributed by atoms with Gasteiger partial charge in [-0.15, -0.1) is 0 Å². The van der Waals surface area contributed by atoms with Crippen molar-refractivity contribution in [3.05, 3.63) is 34.6 Å². The quantitative estimate of drug-likeness (QED) is 0.604. The first kappa shape index (κ1) is 19.6. The molecule has 11 heteroatoms. The highest BCUT2D eigenvalue weighted by Gasteiger charge is 2.34. The molecule has 3 aromatic rings. The predicted molar refractivity (Wildman–Crippen MR) is 94.2 cm³/mol. The Morgan fingerprint density at radius 2 is 1.89 bits per heavy atom. The van der Waals surface area contributed by atoms with Crippen LogP contribution in [0.1, 0.15) is 18.1 Å². The van der Waals surface area contributed by atoms with E-state index in [0.717, 1.165) is 0 Å².